The van der Waals surface area contributed by atoms with Crippen LogP contribution in [0.15, 0.2) is 163 Å². The summed E-state index contributed by atoms with van der Waals surface area (Å²) in [5, 5.41) is 28.5. The second kappa shape index (κ2) is 18.1. The molecule has 1 aliphatic heterocycles. The van der Waals surface area contributed by atoms with E-state index in [-0.39, 0.29) is 24.8 Å². The van der Waals surface area contributed by atoms with Gasteiger partial charge in [-0.1, -0.05) is 115 Å². The molecule has 7 aromatic rings. The summed E-state index contributed by atoms with van der Waals surface area (Å²) in [4.78, 5) is 12.7. The molecule has 12 heteroatoms. The molecule has 286 valence electrons. The summed E-state index contributed by atoms with van der Waals surface area (Å²) in [6.45, 7) is 0.337. The van der Waals surface area contributed by atoms with E-state index in [0.717, 1.165) is 44.8 Å². The van der Waals surface area contributed by atoms with Crippen molar-refractivity contribution in [3.63, 3.8) is 0 Å². The molecule has 1 aromatic heterocycles. The third-order valence-corrected chi connectivity index (χ3v) is 10.5. The van der Waals surface area contributed by atoms with Gasteiger partial charge in [-0.05, 0) is 92.8 Å². The monoisotopic (exact) mass is 776 g/mol. The topological polar surface area (TPSA) is 133 Å². The Hall–Kier alpha value is -6.31. The van der Waals surface area contributed by atoms with E-state index >= 15 is 0 Å². The van der Waals surface area contributed by atoms with Gasteiger partial charge in [-0.2, -0.15) is 4.68 Å². The number of hydrogen-bond donors (Lipinski definition) is 3. The maximum absolute atomic E-state index is 12.7. The van der Waals surface area contributed by atoms with Gasteiger partial charge in [0.1, 0.15) is 11.5 Å². The second-order valence-corrected chi connectivity index (χ2v) is 14.4. The van der Waals surface area contributed by atoms with E-state index in [4.69, 9.17) is 14.2 Å². The van der Waals surface area contributed by atoms with Crippen LogP contribution in [0.4, 0.5) is 10.5 Å². The molecule has 0 aliphatic carbocycles. The van der Waals surface area contributed by atoms with Crippen molar-refractivity contribution in [2.75, 3.05) is 11.1 Å². The van der Waals surface area contributed by atoms with Gasteiger partial charge >= 0.3 is 6.03 Å². The number of tetrazole rings is 1. The number of rotatable bonds is 13. The van der Waals surface area contributed by atoms with Crippen molar-refractivity contribution < 1.29 is 24.1 Å². The summed E-state index contributed by atoms with van der Waals surface area (Å²) < 4.78 is 20.8. The van der Waals surface area contributed by atoms with Crippen LogP contribution in [-0.2, 0) is 22.6 Å². The molecule has 3 unspecified atom stereocenters. The van der Waals surface area contributed by atoms with Crippen LogP contribution >= 0.6 is 11.8 Å². The molecule has 11 nitrogen and oxygen atoms in total. The Bertz CT molecular complexity index is 2360. The first-order valence-corrected chi connectivity index (χ1v) is 19.6. The Morgan fingerprint density at radius 2 is 1.47 bits per heavy atom. The van der Waals surface area contributed by atoms with Crippen LogP contribution in [0.5, 0.6) is 11.5 Å². The van der Waals surface area contributed by atoms with E-state index in [0.29, 0.717) is 35.3 Å². The Kier molecular flexibility index (Phi) is 11.9. The first-order chi connectivity index (χ1) is 28.1. The summed E-state index contributed by atoms with van der Waals surface area (Å²) >= 11 is 1.54. The number of carbonyl (C=O) groups is 1. The zero-order valence-corrected chi connectivity index (χ0v) is 31.7. The predicted octanol–water partition coefficient (Wildman–Crippen LogP) is 9.27. The van der Waals surface area contributed by atoms with Crippen LogP contribution in [0, 0.1) is 0 Å². The Balaban J connectivity index is 0.904. The summed E-state index contributed by atoms with van der Waals surface area (Å²) in [5.41, 5.74) is 7.32. The molecule has 1 saturated heterocycles. The number of nitrogens with one attached hydrogen (secondary N) is 2. The Morgan fingerprint density at radius 1 is 0.754 bits per heavy atom. The smallest absolute Gasteiger partial charge is 0.319 e. The molecule has 57 heavy (non-hydrogen) atoms. The number of aliphatic hydroxyl groups is 1. The van der Waals surface area contributed by atoms with Crippen LogP contribution in [0.1, 0.15) is 41.1 Å². The summed E-state index contributed by atoms with van der Waals surface area (Å²) in [6.07, 6.45) is -0.345. The zero-order valence-electron chi connectivity index (χ0n) is 30.8. The molecule has 2 amide bonds. The number of nitrogens with zero attached hydrogens (tertiary/aromatic N) is 4. The molecule has 8 rings (SSSR count). The molecule has 6 aromatic carbocycles. The van der Waals surface area contributed by atoms with Gasteiger partial charge in [-0.15, -0.1) is 5.10 Å². The molecule has 3 N–H and O–H groups in total. The Morgan fingerprint density at radius 3 is 2.23 bits per heavy atom. The number of ether oxygens (including phenoxy) is 3. The van der Waals surface area contributed by atoms with Crippen molar-refractivity contribution in [1.82, 2.24) is 25.5 Å². The second-order valence-electron chi connectivity index (χ2n) is 13.4. The zero-order chi connectivity index (χ0) is 38.8. The lowest BCUT2D eigenvalue weighted by Crippen LogP contribution is -2.31. The van der Waals surface area contributed by atoms with E-state index in [1.54, 1.807) is 28.6 Å². The maximum Gasteiger partial charge on any atom is 0.319 e. The van der Waals surface area contributed by atoms with E-state index in [1.165, 1.54) is 0 Å². The predicted molar refractivity (Wildman–Crippen MR) is 219 cm³/mol. The average Bonchev–Trinajstić information content (AvgIpc) is 3.75. The normalized spacial score (nSPS) is 16.5. The van der Waals surface area contributed by atoms with Gasteiger partial charge < -0.3 is 30.0 Å². The summed E-state index contributed by atoms with van der Waals surface area (Å²) in [6, 6.07) is 50.4. The number of amides is 2. The number of benzene rings is 6. The summed E-state index contributed by atoms with van der Waals surface area (Å²) in [5.74, 6) is 2.05. The highest BCUT2D eigenvalue weighted by Gasteiger charge is 2.32. The minimum absolute atomic E-state index is 0.0182. The summed E-state index contributed by atoms with van der Waals surface area (Å²) in [7, 11) is 0. The fourth-order valence-electron chi connectivity index (χ4n) is 6.47. The van der Waals surface area contributed by atoms with E-state index in [1.807, 2.05) is 127 Å². The van der Waals surface area contributed by atoms with Crippen molar-refractivity contribution >= 4 is 23.5 Å². The molecule has 1 aliphatic rings. The van der Waals surface area contributed by atoms with E-state index in [2.05, 4.69) is 44.4 Å². The first kappa shape index (κ1) is 37.6. The number of carbonyl (C=O) groups excluding carboxylic acids is 1. The number of urea groups is 1. The maximum atomic E-state index is 12.7. The van der Waals surface area contributed by atoms with Gasteiger partial charge in [0.15, 0.2) is 6.29 Å². The lowest BCUT2D eigenvalue weighted by atomic mass is 9.99. The Labute approximate surface area is 334 Å². The van der Waals surface area contributed by atoms with Gasteiger partial charge in [0.2, 0.25) is 5.16 Å². The number of hydrogen-bond acceptors (Lipinski definition) is 9. The SMILES string of the molecule is O=C(NCc1cccc(-c2ccc(C3OC(CSc4nnnn4-c4ccccc4)CC(c4ccc(CO)cc4)O3)cc2)c1)Nc1ccc(Oc2ccccc2)cc1. The highest BCUT2D eigenvalue weighted by atomic mass is 32.2. The molecule has 0 bridgehead atoms. The lowest BCUT2D eigenvalue weighted by molar-refractivity contribution is -0.245. The van der Waals surface area contributed by atoms with Crippen LogP contribution < -0.4 is 15.4 Å². The molecule has 2 heterocycles. The van der Waals surface area contributed by atoms with Crippen LogP contribution in [0.25, 0.3) is 16.8 Å². The molecular formula is C45H40N6O5S. The van der Waals surface area contributed by atoms with Crippen LogP contribution in [-0.4, -0.2) is 43.2 Å². The number of aliphatic hydroxyl groups excluding tert-OH is 1. The quantitative estimate of drug-likeness (QED) is 0.0981. The van der Waals surface area contributed by atoms with E-state index in [9.17, 15) is 9.90 Å². The van der Waals surface area contributed by atoms with Gasteiger partial charge in [0, 0.05) is 30.0 Å². The minimum Gasteiger partial charge on any atom is -0.457 e. The first-order valence-electron chi connectivity index (χ1n) is 18.6. The molecule has 0 radical (unpaired) electrons. The fourth-order valence-corrected chi connectivity index (χ4v) is 7.38. The van der Waals surface area contributed by atoms with Gasteiger partial charge in [-0.3, -0.25) is 0 Å². The third-order valence-electron chi connectivity index (χ3n) is 9.44. The van der Waals surface area contributed by atoms with Crippen molar-refractivity contribution in [3.05, 3.63) is 180 Å². The molecule has 3 atom stereocenters. The minimum atomic E-state index is -0.604. The number of anilines is 1. The number of para-hydroxylation sites is 2. The average molecular weight is 777 g/mol. The lowest BCUT2D eigenvalue weighted by Gasteiger charge is -2.36. The van der Waals surface area contributed by atoms with E-state index < -0.39 is 6.29 Å². The third kappa shape index (κ3) is 9.74. The number of thioether (sulfide) groups is 1. The fraction of sp³-hybridized carbons (Fsp3) is 0.156. The molecule has 0 saturated carbocycles. The van der Waals surface area contributed by atoms with Crippen molar-refractivity contribution in [2.24, 2.45) is 0 Å². The highest BCUT2D eigenvalue weighted by molar-refractivity contribution is 7.99. The van der Waals surface area contributed by atoms with Crippen LogP contribution in [0.3, 0.4) is 0 Å². The highest BCUT2D eigenvalue weighted by Crippen LogP contribution is 2.40. The van der Waals surface area contributed by atoms with Gasteiger partial charge in [0.05, 0.1) is 24.5 Å². The van der Waals surface area contributed by atoms with Crippen molar-refractivity contribution in [3.8, 4) is 28.3 Å². The van der Waals surface area contributed by atoms with Gasteiger partial charge in [0.25, 0.3) is 0 Å². The molecular weight excluding hydrogens is 737 g/mol. The largest absolute Gasteiger partial charge is 0.457 e. The van der Waals surface area contributed by atoms with Gasteiger partial charge in [-0.25, -0.2) is 4.79 Å². The van der Waals surface area contributed by atoms with Crippen molar-refractivity contribution in [2.45, 2.75) is 43.2 Å². The molecule has 1 fully saturated rings. The molecule has 0 spiro atoms. The number of aromatic nitrogens is 4. The standard InChI is InChI=1S/C45H40N6O5S/c52-29-31-14-16-34(17-15-31)42-27-41(30-57-45-48-49-50-51(45)38-10-3-1-4-11-38)55-43(56-42)35-20-18-33(19-21-35)36-9-7-8-32(26-36)28-46-44(53)47-37-22-24-40(25-23-37)54-39-12-5-2-6-13-39/h1-26,41-43,52H,27-30H2,(H2,46,47,53). The van der Waals surface area contributed by atoms with Crippen LogP contribution in [0.2, 0.25) is 0 Å². The van der Waals surface area contributed by atoms with Crippen molar-refractivity contribution in [1.29, 1.82) is 0 Å².